The van der Waals surface area contributed by atoms with Crippen LogP contribution in [0.25, 0.3) is 0 Å². The first-order valence-corrected chi connectivity index (χ1v) is 8.94. The number of hydrogen-bond acceptors (Lipinski definition) is 6. The standard InChI is InChI=1S/C17H20N4O3S.ClH/c18-10-15-20-14(11-25-15)17(23)19-13-3-1-12(2-4-13)9-16(22)21-5-7-24-8-6-21;/h1-4,11H,5-10,18H2,(H,19,23);1H. The van der Waals surface area contributed by atoms with Crippen LogP contribution in [0.3, 0.4) is 0 Å². The van der Waals surface area contributed by atoms with Crippen LogP contribution in [0.5, 0.6) is 0 Å². The molecule has 0 aliphatic carbocycles. The van der Waals surface area contributed by atoms with Gasteiger partial charge in [-0.05, 0) is 17.7 Å². The molecule has 1 aliphatic heterocycles. The van der Waals surface area contributed by atoms with E-state index in [4.69, 9.17) is 10.5 Å². The number of halogens is 1. The molecular weight excluding hydrogens is 376 g/mol. The van der Waals surface area contributed by atoms with Crippen LogP contribution in [-0.2, 0) is 22.5 Å². The maximum Gasteiger partial charge on any atom is 0.275 e. The monoisotopic (exact) mass is 396 g/mol. The molecule has 7 nitrogen and oxygen atoms in total. The van der Waals surface area contributed by atoms with E-state index in [0.29, 0.717) is 50.7 Å². The molecule has 140 valence electrons. The topological polar surface area (TPSA) is 97.5 Å². The number of benzene rings is 1. The van der Waals surface area contributed by atoms with E-state index in [1.807, 2.05) is 17.0 Å². The van der Waals surface area contributed by atoms with Crippen LogP contribution < -0.4 is 11.1 Å². The van der Waals surface area contributed by atoms with Gasteiger partial charge in [0.1, 0.15) is 10.7 Å². The van der Waals surface area contributed by atoms with Gasteiger partial charge >= 0.3 is 0 Å². The Hall–Kier alpha value is -2.00. The maximum absolute atomic E-state index is 12.2. The summed E-state index contributed by atoms with van der Waals surface area (Å²) in [6.45, 7) is 2.80. The smallest absolute Gasteiger partial charge is 0.275 e. The Morgan fingerprint density at radius 3 is 2.54 bits per heavy atom. The number of amides is 2. The van der Waals surface area contributed by atoms with Gasteiger partial charge in [0, 0.05) is 30.7 Å². The highest BCUT2D eigenvalue weighted by molar-refractivity contribution is 7.09. The molecule has 0 radical (unpaired) electrons. The molecule has 9 heteroatoms. The summed E-state index contributed by atoms with van der Waals surface area (Å²) in [5, 5.41) is 5.20. The number of ether oxygens (including phenoxy) is 1. The minimum Gasteiger partial charge on any atom is -0.378 e. The number of nitrogens with two attached hydrogens (primary N) is 1. The summed E-state index contributed by atoms with van der Waals surface area (Å²) in [6, 6.07) is 7.27. The lowest BCUT2D eigenvalue weighted by molar-refractivity contribution is -0.134. The number of hydrogen-bond donors (Lipinski definition) is 2. The molecule has 1 saturated heterocycles. The zero-order chi connectivity index (χ0) is 17.6. The molecule has 3 rings (SSSR count). The number of carbonyl (C=O) groups is 2. The van der Waals surface area contributed by atoms with Gasteiger partial charge in [-0.1, -0.05) is 12.1 Å². The zero-order valence-electron chi connectivity index (χ0n) is 14.1. The molecule has 0 spiro atoms. The van der Waals surface area contributed by atoms with Crippen molar-refractivity contribution in [1.29, 1.82) is 0 Å². The Balaban J connectivity index is 0.00000243. The SMILES string of the molecule is Cl.NCc1nc(C(=O)Nc2ccc(CC(=O)N3CCOCC3)cc2)cs1. The normalized spacial score (nSPS) is 13.8. The van der Waals surface area contributed by atoms with Crippen molar-refractivity contribution in [3.05, 3.63) is 45.9 Å². The third kappa shape index (κ3) is 5.25. The highest BCUT2D eigenvalue weighted by Gasteiger charge is 2.17. The number of nitrogens with zero attached hydrogens (tertiary/aromatic N) is 2. The van der Waals surface area contributed by atoms with E-state index in [1.54, 1.807) is 17.5 Å². The third-order valence-corrected chi connectivity index (χ3v) is 4.76. The quantitative estimate of drug-likeness (QED) is 0.801. The van der Waals surface area contributed by atoms with Gasteiger partial charge in [0.25, 0.3) is 5.91 Å². The van der Waals surface area contributed by atoms with Gasteiger partial charge in [-0.3, -0.25) is 9.59 Å². The van der Waals surface area contributed by atoms with Crippen molar-refractivity contribution in [2.45, 2.75) is 13.0 Å². The molecule has 0 atom stereocenters. The van der Waals surface area contributed by atoms with E-state index in [-0.39, 0.29) is 24.2 Å². The van der Waals surface area contributed by atoms with Crippen molar-refractivity contribution in [2.24, 2.45) is 5.73 Å². The van der Waals surface area contributed by atoms with Crippen LogP contribution >= 0.6 is 23.7 Å². The molecule has 2 aromatic rings. The first-order valence-electron chi connectivity index (χ1n) is 8.06. The average Bonchev–Trinajstić information content (AvgIpc) is 3.13. The van der Waals surface area contributed by atoms with E-state index in [9.17, 15) is 9.59 Å². The van der Waals surface area contributed by atoms with Gasteiger partial charge in [0.15, 0.2) is 0 Å². The largest absolute Gasteiger partial charge is 0.378 e. The summed E-state index contributed by atoms with van der Waals surface area (Å²) in [5.41, 5.74) is 7.44. The predicted octanol–water partition coefficient (Wildman–Crippen LogP) is 1.68. The van der Waals surface area contributed by atoms with Crippen molar-refractivity contribution in [3.63, 3.8) is 0 Å². The summed E-state index contributed by atoms with van der Waals surface area (Å²) >= 11 is 1.36. The fourth-order valence-corrected chi connectivity index (χ4v) is 3.16. The lowest BCUT2D eigenvalue weighted by Gasteiger charge is -2.26. The highest BCUT2D eigenvalue weighted by Crippen LogP contribution is 2.14. The van der Waals surface area contributed by atoms with Crippen molar-refractivity contribution in [2.75, 3.05) is 31.6 Å². The van der Waals surface area contributed by atoms with E-state index < -0.39 is 0 Å². The first kappa shape index (κ1) is 20.3. The van der Waals surface area contributed by atoms with Gasteiger partial charge < -0.3 is 20.7 Å². The number of anilines is 1. The van der Waals surface area contributed by atoms with Gasteiger partial charge in [0.05, 0.1) is 19.6 Å². The fourth-order valence-electron chi connectivity index (χ4n) is 2.51. The summed E-state index contributed by atoms with van der Waals surface area (Å²) in [7, 11) is 0. The average molecular weight is 397 g/mol. The van der Waals surface area contributed by atoms with Gasteiger partial charge in [0.2, 0.25) is 5.91 Å². The van der Waals surface area contributed by atoms with Crippen molar-refractivity contribution in [1.82, 2.24) is 9.88 Å². The molecule has 0 bridgehead atoms. The molecule has 1 aliphatic rings. The molecule has 2 heterocycles. The van der Waals surface area contributed by atoms with Crippen molar-refractivity contribution >= 4 is 41.2 Å². The van der Waals surface area contributed by atoms with E-state index in [0.717, 1.165) is 10.6 Å². The number of carbonyl (C=O) groups excluding carboxylic acids is 2. The van der Waals surface area contributed by atoms with Crippen molar-refractivity contribution < 1.29 is 14.3 Å². The van der Waals surface area contributed by atoms with Crippen LogP contribution in [0.1, 0.15) is 21.1 Å². The Morgan fingerprint density at radius 2 is 1.92 bits per heavy atom. The number of morpholine rings is 1. The van der Waals surface area contributed by atoms with Gasteiger partial charge in [-0.25, -0.2) is 4.98 Å². The molecule has 1 fully saturated rings. The van der Waals surface area contributed by atoms with Crippen LogP contribution in [0.15, 0.2) is 29.6 Å². The highest BCUT2D eigenvalue weighted by atomic mass is 35.5. The number of rotatable bonds is 5. The van der Waals surface area contributed by atoms with E-state index in [1.165, 1.54) is 11.3 Å². The molecule has 0 unspecified atom stereocenters. The van der Waals surface area contributed by atoms with Gasteiger partial charge in [-0.15, -0.1) is 23.7 Å². The molecule has 1 aromatic heterocycles. The Bertz CT molecular complexity index is 745. The van der Waals surface area contributed by atoms with Crippen molar-refractivity contribution in [3.8, 4) is 0 Å². The number of thiazole rings is 1. The number of nitrogens with one attached hydrogen (secondary N) is 1. The predicted molar refractivity (Wildman–Crippen MR) is 103 cm³/mol. The van der Waals surface area contributed by atoms with E-state index >= 15 is 0 Å². The molecule has 2 amide bonds. The lowest BCUT2D eigenvalue weighted by Crippen LogP contribution is -2.41. The molecule has 26 heavy (non-hydrogen) atoms. The lowest BCUT2D eigenvalue weighted by atomic mass is 10.1. The second kappa shape index (κ2) is 9.63. The fraction of sp³-hybridized carbons (Fsp3) is 0.353. The second-order valence-electron chi connectivity index (χ2n) is 5.65. The molecular formula is C17H21ClN4O3S. The zero-order valence-corrected chi connectivity index (χ0v) is 15.8. The minimum atomic E-state index is -0.270. The Morgan fingerprint density at radius 1 is 1.23 bits per heavy atom. The Kier molecular flexibility index (Phi) is 7.52. The summed E-state index contributed by atoms with van der Waals surface area (Å²) < 4.78 is 5.25. The molecule has 3 N–H and O–H groups in total. The Labute approximate surface area is 162 Å². The van der Waals surface area contributed by atoms with Gasteiger partial charge in [-0.2, -0.15) is 0 Å². The molecule has 0 saturated carbocycles. The first-order chi connectivity index (χ1) is 12.2. The van der Waals surface area contributed by atoms with Crippen LogP contribution in [0.4, 0.5) is 5.69 Å². The van der Waals surface area contributed by atoms with E-state index in [2.05, 4.69) is 10.3 Å². The van der Waals surface area contributed by atoms with Crippen LogP contribution in [0, 0.1) is 0 Å². The van der Waals surface area contributed by atoms with Crippen LogP contribution in [0.2, 0.25) is 0 Å². The summed E-state index contributed by atoms with van der Waals surface area (Å²) in [6.07, 6.45) is 0.347. The number of aromatic nitrogens is 1. The molecule has 1 aromatic carbocycles. The second-order valence-corrected chi connectivity index (χ2v) is 6.59. The maximum atomic E-state index is 12.2. The summed E-state index contributed by atoms with van der Waals surface area (Å²) in [5.74, 6) is -0.176. The third-order valence-electron chi connectivity index (χ3n) is 3.89. The summed E-state index contributed by atoms with van der Waals surface area (Å²) in [4.78, 5) is 30.3. The minimum absolute atomic E-state index is 0. The van der Waals surface area contributed by atoms with Crippen LogP contribution in [-0.4, -0.2) is 48.0 Å².